The fourth-order valence-electron chi connectivity index (χ4n) is 3.53. The Morgan fingerprint density at radius 2 is 1.71 bits per heavy atom. The maximum atomic E-state index is 5.69. The molecule has 4 rings (SSSR count). The Labute approximate surface area is 178 Å². The summed E-state index contributed by atoms with van der Waals surface area (Å²) in [5, 5.41) is 8.65. The molecule has 147 valence electrons. The number of fused-ring (bicyclic) bond motifs is 1. The van der Waals surface area contributed by atoms with Gasteiger partial charge in [-0.2, -0.15) is 5.10 Å². The molecule has 2 aromatic heterocycles. The van der Waals surface area contributed by atoms with Crippen molar-refractivity contribution in [2.45, 2.75) is 46.5 Å². The Balaban J connectivity index is 0.00000225. The molecule has 0 atom stereocenters. The second kappa shape index (κ2) is 7.98. The first-order chi connectivity index (χ1) is 13.0. The first kappa shape index (κ1) is 20.4. The molecule has 4 aromatic rings. The third-order valence-electron chi connectivity index (χ3n) is 4.81. The Bertz CT molecular complexity index is 1080. The number of hydrogen-bond acceptors (Lipinski definition) is 4. The van der Waals surface area contributed by atoms with E-state index in [9.17, 15) is 0 Å². The minimum Gasteiger partial charge on any atom is -0.461 e. The van der Waals surface area contributed by atoms with Crippen molar-refractivity contribution >= 4 is 11.1 Å². The molecular weight excluding hydrogens is 528 g/mol. The Hall–Kier alpha value is -2.30. The predicted molar refractivity (Wildman–Crippen MR) is 106 cm³/mol. The topological polar surface area (TPSA) is 56.7 Å². The van der Waals surface area contributed by atoms with Gasteiger partial charge in [0.1, 0.15) is 6.33 Å². The van der Waals surface area contributed by atoms with Gasteiger partial charge in [-0.15, -0.1) is 17.2 Å². The molecule has 0 aliphatic rings. The van der Waals surface area contributed by atoms with Crippen LogP contribution in [0.1, 0.15) is 56.5 Å². The molecule has 0 unspecified atom stereocenters. The minimum atomic E-state index is 0. The van der Waals surface area contributed by atoms with Crippen LogP contribution in [0, 0.1) is 13.0 Å². The molecule has 0 saturated heterocycles. The third-order valence-corrected chi connectivity index (χ3v) is 4.81. The van der Waals surface area contributed by atoms with Crippen LogP contribution in [0.4, 0.5) is 0 Å². The number of aromatic nitrogens is 4. The van der Waals surface area contributed by atoms with E-state index in [0.29, 0.717) is 17.7 Å². The van der Waals surface area contributed by atoms with Gasteiger partial charge >= 0.3 is 0 Å². The van der Waals surface area contributed by atoms with E-state index in [1.54, 1.807) is 6.33 Å². The average molecular weight is 552 g/mol. The largest absolute Gasteiger partial charge is 0.461 e. The van der Waals surface area contributed by atoms with Crippen LogP contribution >= 0.6 is 0 Å². The van der Waals surface area contributed by atoms with Crippen molar-refractivity contribution in [1.29, 1.82) is 0 Å². The SMILES string of the molecule is Cc1nc2c(-c3nncn3-c3c(C(C)C)cccc3C(C)C)[c-]ccc2o1.[Ir]. The molecule has 0 fully saturated rings. The molecule has 0 N–H and O–H groups in total. The first-order valence-electron chi connectivity index (χ1n) is 9.28. The summed E-state index contributed by atoms with van der Waals surface area (Å²) in [7, 11) is 0. The van der Waals surface area contributed by atoms with Gasteiger partial charge in [0.15, 0.2) is 5.89 Å². The maximum Gasteiger partial charge on any atom is 0.180 e. The van der Waals surface area contributed by atoms with E-state index in [1.807, 2.05) is 19.1 Å². The van der Waals surface area contributed by atoms with Gasteiger partial charge in [-0.3, -0.25) is 4.98 Å². The molecule has 2 heterocycles. The molecule has 5 nitrogen and oxygen atoms in total. The zero-order valence-corrected chi connectivity index (χ0v) is 19.0. The number of aryl methyl sites for hydroxylation is 1. The van der Waals surface area contributed by atoms with Crippen molar-refractivity contribution < 1.29 is 24.5 Å². The number of oxazole rings is 1. The van der Waals surface area contributed by atoms with Crippen molar-refractivity contribution in [3.63, 3.8) is 0 Å². The summed E-state index contributed by atoms with van der Waals surface area (Å²) in [5.74, 6) is 2.11. The smallest absolute Gasteiger partial charge is 0.180 e. The van der Waals surface area contributed by atoms with E-state index in [4.69, 9.17) is 4.42 Å². The van der Waals surface area contributed by atoms with Crippen LogP contribution < -0.4 is 0 Å². The van der Waals surface area contributed by atoms with Crippen LogP contribution in [0.3, 0.4) is 0 Å². The molecule has 28 heavy (non-hydrogen) atoms. The summed E-state index contributed by atoms with van der Waals surface area (Å²) in [4.78, 5) is 4.54. The monoisotopic (exact) mass is 552 g/mol. The summed E-state index contributed by atoms with van der Waals surface area (Å²) in [6.45, 7) is 10.7. The summed E-state index contributed by atoms with van der Waals surface area (Å²) < 4.78 is 7.76. The van der Waals surface area contributed by atoms with Gasteiger partial charge < -0.3 is 8.98 Å². The van der Waals surface area contributed by atoms with Crippen LogP contribution in [0.5, 0.6) is 0 Å². The molecule has 0 aliphatic carbocycles. The van der Waals surface area contributed by atoms with Gasteiger partial charge in [0, 0.05) is 38.2 Å². The third kappa shape index (κ3) is 3.43. The average Bonchev–Trinajstić information content (AvgIpc) is 3.25. The van der Waals surface area contributed by atoms with E-state index >= 15 is 0 Å². The summed E-state index contributed by atoms with van der Waals surface area (Å²) in [6.07, 6.45) is 1.78. The van der Waals surface area contributed by atoms with E-state index < -0.39 is 0 Å². The number of rotatable bonds is 4. The molecule has 0 bridgehead atoms. The van der Waals surface area contributed by atoms with Crippen LogP contribution in [0.25, 0.3) is 28.2 Å². The standard InChI is InChI=1S/C22H23N4O.Ir/c1-13(2)16-8-6-9-17(14(3)4)21(16)26-12-23-25-22(26)18-10-7-11-19-20(18)24-15(5)27-19;/h6-9,11-14H,1-5H3;/q-1;. The predicted octanol–water partition coefficient (Wildman–Crippen LogP) is 5.43. The molecule has 2 aromatic carbocycles. The van der Waals surface area contributed by atoms with Gasteiger partial charge in [-0.05, 0) is 23.0 Å². The second-order valence-electron chi connectivity index (χ2n) is 7.42. The van der Waals surface area contributed by atoms with E-state index in [-0.39, 0.29) is 20.1 Å². The van der Waals surface area contributed by atoms with Gasteiger partial charge in [-0.25, -0.2) is 0 Å². The van der Waals surface area contributed by atoms with E-state index in [0.717, 1.165) is 28.2 Å². The van der Waals surface area contributed by atoms with Gasteiger partial charge in [0.2, 0.25) is 0 Å². The fraction of sp³-hybridized carbons (Fsp3) is 0.318. The molecular formula is C22H23IrN4O-. The van der Waals surface area contributed by atoms with Crippen molar-refractivity contribution in [3.8, 4) is 17.1 Å². The fourth-order valence-corrected chi connectivity index (χ4v) is 3.53. The quantitative estimate of drug-likeness (QED) is 0.318. The molecule has 0 amide bonds. The van der Waals surface area contributed by atoms with Crippen molar-refractivity contribution in [3.05, 3.63) is 59.7 Å². The molecule has 0 aliphatic heterocycles. The number of benzene rings is 2. The summed E-state index contributed by atoms with van der Waals surface area (Å²) in [6, 6.07) is 13.5. The van der Waals surface area contributed by atoms with Crippen LogP contribution in [-0.4, -0.2) is 19.7 Å². The van der Waals surface area contributed by atoms with Gasteiger partial charge in [0.25, 0.3) is 0 Å². The van der Waals surface area contributed by atoms with E-state index in [1.165, 1.54) is 11.1 Å². The zero-order chi connectivity index (χ0) is 19.1. The van der Waals surface area contributed by atoms with Gasteiger partial charge in [0.05, 0.1) is 11.4 Å². The summed E-state index contributed by atoms with van der Waals surface area (Å²) >= 11 is 0. The Kier molecular flexibility index (Phi) is 5.82. The first-order valence-corrected chi connectivity index (χ1v) is 9.28. The van der Waals surface area contributed by atoms with E-state index in [2.05, 4.69) is 71.7 Å². The molecule has 6 heteroatoms. The second-order valence-corrected chi connectivity index (χ2v) is 7.42. The van der Waals surface area contributed by atoms with Crippen LogP contribution in [0.15, 0.2) is 41.1 Å². The Morgan fingerprint density at radius 3 is 2.36 bits per heavy atom. The summed E-state index contributed by atoms with van der Waals surface area (Å²) in [5.41, 5.74) is 5.98. The van der Waals surface area contributed by atoms with Gasteiger partial charge in [-0.1, -0.05) is 57.5 Å². The van der Waals surface area contributed by atoms with Crippen LogP contribution in [0.2, 0.25) is 0 Å². The molecule has 1 radical (unpaired) electrons. The van der Waals surface area contributed by atoms with Crippen molar-refractivity contribution in [2.24, 2.45) is 0 Å². The number of para-hydroxylation sites is 1. The number of hydrogen-bond donors (Lipinski definition) is 0. The maximum absolute atomic E-state index is 5.69. The minimum absolute atomic E-state index is 0. The normalized spacial score (nSPS) is 11.4. The van der Waals surface area contributed by atoms with Crippen molar-refractivity contribution in [1.82, 2.24) is 19.7 Å². The molecule has 0 spiro atoms. The van der Waals surface area contributed by atoms with Crippen LogP contribution in [-0.2, 0) is 20.1 Å². The van der Waals surface area contributed by atoms with Crippen molar-refractivity contribution in [2.75, 3.05) is 0 Å². The molecule has 0 saturated carbocycles. The zero-order valence-electron chi connectivity index (χ0n) is 16.6. The Morgan fingerprint density at radius 1 is 1.04 bits per heavy atom. The number of nitrogens with zero attached hydrogens (tertiary/aromatic N) is 4.